The minimum Gasteiger partial charge on any atom is -0.299 e. The van der Waals surface area contributed by atoms with Crippen molar-refractivity contribution in [3.8, 4) is 0 Å². The molecule has 0 aromatic carbocycles. The number of carbonyl (C=O) groups is 1. The molecule has 0 aromatic rings. The fraction of sp³-hybridized carbons (Fsp3) is 0.700. The average molecular weight is 150 g/mol. The molecule has 1 atom stereocenters. The predicted octanol–water partition coefficient (Wildman–Crippen LogP) is 2.47. The highest BCUT2D eigenvalue weighted by molar-refractivity contribution is 5.91. The maximum absolute atomic E-state index is 11.5. The molecule has 1 fully saturated rings. The summed E-state index contributed by atoms with van der Waals surface area (Å²) in [6, 6.07) is 0. The second kappa shape index (κ2) is 2.20. The van der Waals surface area contributed by atoms with Gasteiger partial charge in [-0.1, -0.05) is 11.6 Å². The van der Waals surface area contributed by atoms with E-state index in [0.717, 1.165) is 19.3 Å². The predicted molar refractivity (Wildman–Crippen MR) is 44.3 cm³/mol. The highest BCUT2D eigenvalue weighted by Gasteiger charge is 2.41. The molecule has 0 aliphatic heterocycles. The molecule has 0 saturated heterocycles. The maximum atomic E-state index is 11.5. The number of fused-ring (bicyclic) bond motifs is 1. The molecule has 1 heteroatoms. The first-order valence-electron chi connectivity index (χ1n) is 4.46. The second-order valence-corrected chi connectivity index (χ2v) is 3.88. The van der Waals surface area contributed by atoms with Crippen LogP contribution in [0.3, 0.4) is 0 Å². The lowest BCUT2D eigenvalue weighted by Gasteiger charge is -2.27. The normalized spacial score (nSPS) is 36.8. The molecule has 0 heterocycles. The Morgan fingerprint density at radius 2 is 2.27 bits per heavy atom. The lowest BCUT2D eigenvalue weighted by atomic mass is 9.75. The minimum absolute atomic E-state index is 0.0295. The van der Waals surface area contributed by atoms with E-state index in [1.165, 1.54) is 18.4 Å². The van der Waals surface area contributed by atoms with Crippen LogP contribution in [-0.4, -0.2) is 5.78 Å². The Morgan fingerprint density at radius 3 is 3.00 bits per heavy atom. The number of carbonyl (C=O) groups excluding carboxylic acids is 1. The second-order valence-electron chi connectivity index (χ2n) is 3.88. The van der Waals surface area contributed by atoms with Crippen LogP contribution in [0.15, 0.2) is 11.6 Å². The Balaban J connectivity index is 2.39. The number of hydrogen-bond donors (Lipinski definition) is 0. The summed E-state index contributed by atoms with van der Waals surface area (Å²) in [7, 11) is 0. The monoisotopic (exact) mass is 150 g/mol. The Morgan fingerprint density at radius 1 is 1.45 bits per heavy atom. The van der Waals surface area contributed by atoms with Gasteiger partial charge in [0.15, 0.2) is 0 Å². The summed E-state index contributed by atoms with van der Waals surface area (Å²) in [6.45, 7) is 2.12. The molecule has 0 unspecified atom stereocenters. The van der Waals surface area contributed by atoms with Crippen molar-refractivity contribution in [2.45, 2.75) is 39.0 Å². The SMILES string of the molecule is C[C@@]12CCCC=C1CCC2=O. The van der Waals surface area contributed by atoms with Gasteiger partial charge in [-0.05, 0) is 32.6 Å². The molecule has 60 valence electrons. The number of rotatable bonds is 0. The molecule has 1 saturated carbocycles. The fourth-order valence-electron chi connectivity index (χ4n) is 2.34. The lowest BCUT2D eigenvalue weighted by Crippen LogP contribution is -2.25. The van der Waals surface area contributed by atoms with Crippen molar-refractivity contribution >= 4 is 5.78 Å². The summed E-state index contributed by atoms with van der Waals surface area (Å²) in [5.41, 5.74) is 1.40. The van der Waals surface area contributed by atoms with E-state index in [4.69, 9.17) is 0 Å². The maximum Gasteiger partial charge on any atom is 0.143 e. The summed E-state index contributed by atoms with van der Waals surface area (Å²) in [5, 5.41) is 0. The largest absolute Gasteiger partial charge is 0.299 e. The third-order valence-electron chi connectivity index (χ3n) is 3.22. The van der Waals surface area contributed by atoms with Crippen molar-refractivity contribution in [1.82, 2.24) is 0 Å². The van der Waals surface area contributed by atoms with Gasteiger partial charge in [0.2, 0.25) is 0 Å². The zero-order valence-electron chi connectivity index (χ0n) is 7.02. The highest BCUT2D eigenvalue weighted by atomic mass is 16.1. The number of allylic oxidation sites excluding steroid dienone is 2. The van der Waals surface area contributed by atoms with E-state index in [0.29, 0.717) is 5.78 Å². The molecule has 0 radical (unpaired) electrons. The van der Waals surface area contributed by atoms with Crippen molar-refractivity contribution in [3.63, 3.8) is 0 Å². The zero-order chi connectivity index (χ0) is 7.90. The molecule has 0 N–H and O–H groups in total. The van der Waals surface area contributed by atoms with E-state index in [1.54, 1.807) is 0 Å². The van der Waals surface area contributed by atoms with E-state index in [9.17, 15) is 4.79 Å². The summed E-state index contributed by atoms with van der Waals surface area (Å²) in [6.07, 6.45) is 7.60. The van der Waals surface area contributed by atoms with Crippen LogP contribution in [0, 0.1) is 5.41 Å². The van der Waals surface area contributed by atoms with Gasteiger partial charge in [-0.15, -0.1) is 0 Å². The van der Waals surface area contributed by atoms with Crippen molar-refractivity contribution < 1.29 is 4.79 Å². The van der Waals surface area contributed by atoms with Crippen LogP contribution >= 0.6 is 0 Å². The fourth-order valence-corrected chi connectivity index (χ4v) is 2.34. The average Bonchev–Trinajstić information content (AvgIpc) is 2.29. The van der Waals surface area contributed by atoms with Crippen LogP contribution in [0.1, 0.15) is 39.0 Å². The molecular weight excluding hydrogens is 136 g/mol. The first-order chi connectivity index (χ1) is 5.23. The Bertz CT molecular complexity index is 227. The first kappa shape index (κ1) is 7.08. The van der Waals surface area contributed by atoms with Gasteiger partial charge in [-0.3, -0.25) is 4.79 Å². The summed E-state index contributed by atoms with van der Waals surface area (Å²) >= 11 is 0. The molecule has 1 nitrogen and oxygen atoms in total. The smallest absolute Gasteiger partial charge is 0.143 e. The van der Waals surface area contributed by atoms with E-state index < -0.39 is 0 Å². The first-order valence-corrected chi connectivity index (χ1v) is 4.46. The molecule has 0 amide bonds. The molecule has 2 aliphatic carbocycles. The van der Waals surface area contributed by atoms with E-state index in [2.05, 4.69) is 13.0 Å². The van der Waals surface area contributed by atoms with Crippen molar-refractivity contribution in [2.24, 2.45) is 5.41 Å². The van der Waals surface area contributed by atoms with E-state index in [-0.39, 0.29) is 5.41 Å². The van der Waals surface area contributed by atoms with Crippen LogP contribution in [0.4, 0.5) is 0 Å². The Labute approximate surface area is 67.5 Å². The Kier molecular flexibility index (Phi) is 1.41. The number of hydrogen-bond acceptors (Lipinski definition) is 1. The van der Waals surface area contributed by atoms with Gasteiger partial charge in [0.05, 0.1) is 0 Å². The molecule has 2 rings (SSSR count). The zero-order valence-corrected chi connectivity index (χ0v) is 7.02. The summed E-state index contributed by atoms with van der Waals surface area (Å²) < 4.78 is 0. The van der Waals surface area contributed by atoms with E-state index in [1.807, 2.05) is 0 Å². The topological polar surface area (TPSA) is 17.1 Å². The quantitative estimate of drug-likeness (QED) is 0.485. The van der Waals surface area contributed by atoms with Gasteiger partial charge in [0.1, 0.15) is 5.78 Å². The van der Waals surface area contributed by atoms with E-state index >= 15 is 0 Å². The lowest BCUT2D eigenvalue weighted by molar-refractivity contribution is -0.124. The number of Topliss-reactive ketones (excluding diaryl/α,β-unsaturated/α-hetero) is 1. The molecular formula is C10H14O. The van der Waals surface area contributed by atoms with Gasteiger partial charge in [0.25, 0.3) is 0 Å². The van der Waals surface area contributed by atoms with Crippen LogP contribution in [0.5, 0.6) is 0 Å². The standard InChI is InChI=1S/C10H14O/c1-10-7-3-2-4-8(10)5-6-9(10)11/h4H,2-3,5-7H2,1H3/t10-/m1/s1. The molecule has 0 aromatic heterocycles. The van der Waals surface area contributed by atoms with Crippen LogP contribution in [0.25, 0.3) is 0 Å². The van der Waals surface area contributed by atoms with Crippen molar-refractivity contribution in [3.05, 3.63) is 11.6 Å². The van der Waals surface area contributed by atoms with Crippen LogP contribution < -0.4 is 0 Å². The van der Waals surface area contributed by atoms with Gasteiger partial charge >= 0.3 is 0 Å². The molecule has 11 heavy (non-hydrogen) atoms. The molecule has 2 aliphatic rings. The molecule has 0 spiro atoms. The van der Waals surface area contributed by atoms with Gasteiger partial charge < -0.3 is 0 Å². The third-order valence-corrected chi connectivity index (χ3v) is 3.22. The third kappa shape index (κ3) is 0.867. The highest BCUT2D eigenvalue weighted by Crippen LogP contribution is 2.46. The molecule has 0 bridgehead atoms. The van der Waals surface area contributed by atoms with Gasteiger partial charge in [-0.2, -0.15) is 0 Å². The van der Waals surface area contributed by atoms with Crippen LogP contribution in [-0.2, 0) is 4.79 Å². The van der Waals surface area contributed by atoms with Gasteiger partial charge in [0, 0.05) is 11.8 Å². The van der Waals surface area contributed by atoms with Crippen molar-refractivity contribution in [2.75, 3.05) is 0 Å². The summed E-state index contributed by atoms with van der Waals surface area (Å²) in [5.74, 6) is 0.475. The summed E-state index contributed by atoms with van der Waals surface area (Å²) in [4.78, 5) is 11.5. The van der Waals surface area contributed by atoms with Crippen LogP contribution in [0.2, 0.25) is 0 Å². The minimum atomic E-state index is -0.0295. The number of ketones is 1. The van der Waals surface area contributed by atoms with Gasteiger partial charge in [-0.25, -0.2) is 0 Å². The van der Waals surface area contributed by atoms with Crippen molar-refractivity contribution in [1.29, 1.82) is 0 Å². The Hall–Kier alpha value is -0.590.